The first kappa shape index (κ1) is 12.0. The number of aromatic hydroxyl groups is 1. The van der Waals surface area contributed by atoms with Crippen molar-refractivity contribution in [3.63, 3.8) is 0 Å². The fourth-order valence-corrected chi connectivity index (χ4v) is 1.86. The van der Waals surface area contributed by atoms with E-state index in [4.69, 9.17) is 5.11 Å². The van der Waals surface area contributed by atoms with Crippen LogP contribution in [0.25, 0.3) is 11.4 Å². The summed E-state index contributed by atoms with van der Waals surface area (Å²) in [6.07, 6.45) is 1.65. The Kier molecular flexibility index (Phi) is 3.41. The van der Waals surface area contributed by atoms with Crippen molar-refractivity contribution in [2.75, 3.05) is 12.4 Å². The van der Waals surface area contributed by atoms with Gasteiger partial charge in [-0.15, -0.1) is 0 Å². The molecule has 2 rings (SSSR count). The highest BCUT2D eigenvalue weighted by Gasteiger charge is 2.08. The molecule has 0 unspecified atom stereocenters. The topological polar surface area (TPSA) is 58.0 Å². The molecular weight excluding hydrogens is 336 g/mol. The van der Waals surface area contributed by atoms with Gasteiger partial charge < -0.3 is 10.4 Å². The molecule has 1 aromatic carbocycles. The van der Waals surface area contributed by atoms with E-state index in [1.165, 1.54) is 12.1 Å². The number of aromatic nitrogens is 2. The maximum absolute atomic E-state index is 13.2. The maximum Gasteiger partial charge on any atom is 0.165 e. The van der Waals surface area contributed by atoms with Crippen LogP contribution in [0.3, 0.4) is 0 Å². The summed E-state index contributed by atoms with van der Waals surface area (Å²) in [6.45, 7) is 0. The minimum absolute atomic E-state index is 0.381. The third kappa shape index (κ3) is 2.46. The Morgan fingerprint density at radius 2 is 2.18 bits per heavy atom. The number of nitrogens with one attached hydrogen (secondary N) is 1. The molecule has 0 bridgehead atoms. The van der Waals surface area contributed by atoms with E-state index >= 15 is 0 Å². The number of anilines is 1. The molecule has 0 radical (unpaired) electrons. The quantitative estimate of drug-likeness (QED) is 0.822. The number of hydrogen-bond donors (Lipinski definition) is 2. The Morgan fingerprint density at radius 1 is 1.41 bits per heavy atom. The molecule has 0 aliphatic heterocycles. The number of phenolic OH excluding ortho intramolecular Hbond substituents is 1. The molecule has 1 aromatic heterocycles. The highest BCUT2D eigenvalue weighted by atomic mass is 127. The molecule has 2 N–H and O–H groups in total. The molecule has 0 spiro atoms. The van der Waals surface area contributed by atoms with Gasteiger partial charge in [-0.05, 0) is 40.8 Å². The van der Waals surface area contributed by atoms with Crippen molar-refractivity contribution < 1.29 is 9.50 Å². The van der Waals surface area contributed by atoms with Gasteiger partial charge in [0.1, 0.15) is 5.82 Å². The molecule has 1 heterocycles. The molecule has 0 fully saturated rings. The third-order valence-corrected chi connectivity index (χ3v) is 2.98. The lowest BCUT2D eigenvalue weighted by Gasteiger charge is -2.06. The SMILES string of the molecule is CNc1nc(-c2ccc(O)c(F)c2)ncc1I. The smallest absolute Gasteiger partial charge is 0.165 e. The van der Waals surface area contributed by atoms with Gasteiger partial charge in [-0.1, -0.05) is 0 Å². The van der Waals surface area contributed by atoms with Crippen LogP contribution in [0.2, 0.25) is 0 Å². The Labute approximate surface area is 111 Å². The minimum atomic E-state index is -0.685. The molecule has 2 aromatic rings. The standard InChI is InChI=1S/C11H9FIN3O/c1-14-11-8(13)5-15-10(16-11)6-2-3-9(17)7(12)4-6/h2-5,17H,1H3,(H,14,15,16). The van der Waals surface area contributed by atoms with Gasteiger partial charge in [0.25, 0.3) is 0 Å². The summed E-state index contributed by atoms with van der Waals surface area (Å²) < 4.78 is 14.1. The number of rotatable bonds is 2. The minimum Gasteiger partial charge on any atom is -0.505 e. The second kappa shape index (κ2) is 4.82. The second-order valence-electron chi connectivity index (χ2n) is 3.31. The van der Waals surface area contributed by atoms with Crippen molar-refractivity contribution in [3.8, 4) is 17.1 Å². The van der Waals surface area contributed by atoms with Gasteiger partial charge in [-0.2, -0.15) is 0 Å². The lowest BCUT2D eigenvalue weighted by atomic mass is 10.2. The van der Waals surface area contributed by atoms with Gasteiger partial charge in [-0.25, -0.2) is 14.4 Å². The normalized spacial score (nSPS) is 10.3. The van der Waals surface area contributed by atoms with Gasteiger partial charge in [0.2, 0.25) is 0 Å². The highest BCUT2D eigenvalue weighted by Crippen LogP contribution is 2.24. The predicted octanol–water partition coefficient (Wildman–Crippen LogP) is 2.63. The van der Waals surface area contributed by atoms with Crippen LogP contribution in [0.15, 0.2) is 24.4 Å². The van der Waals surface area contributed by atoms with E-state index in [1.807, 2.05) is 0 Å². The van der Waals surface area contributed by atoms with Crippen LogP contribution >= 0.6 is 22.6 Å². The average Bonchev–Trinajstić information content (AvgIpc) is 2.33. The van der Waals surface area contributed by atoms with Gasteiger partial charge in [-0.3, -0.25) is 0 Å². The molecule has 88 valence electrons. The molecule has 0 atom stereocenters. The van der Waals surface area contributed by atoms with Crippen LogP contribution < -0.4 is 5.32 Å². The van der Waals surface area contributed by atoms with Crippen molar-refractivity contribution >= 4 is 28.4 Å². The highest BCUT2D eigenvalue weighted by molar-refractivity contribution is 14.1. The van der Waals surface area contributed by atoms with Crippen LogP contribution in [-0.4, -0.2) is 22.1 Å². The van der Waals surface area contributed by atoms with E-state index < -0.39 is 5.82 Å². The first-order valence-electron chi connectivity index (χ1n) is 4.81. The third-order valence-electron chi connectivity index (χ3n) is 2.19. The molecule has 17 heavy (non-hydrogen) atoms. The lowest BCUT2D eigenvalue weighted by molar-refractivity contribution is 0.432. The zero-order chi connectivity index (χ0) is 12.4. The van der Waals surface area contributed by atoms with Crippen molar-refractivity contribution in [3.05, 3.63) is 33.8 Å². The van der Waals surface area contributed by atoms with Gasteiger partial charge >= 0.3 is 0 Å². The van der Waals surface area contributed by atoms with E-state index in [9.17, 15) is 4.39 Å². The van der Waals surface area contributed by atoms with Gasteiger partial charge in [0, 0.05) is 18.8 Å². The summed E-state index contributed by atoms with van der Waals surface area (Å²) in [7, 11) is 1.76. The summed E-state index contributed by atoms with van der Waals surface area (Å²) in [6, 6.07) is 4.06. The Hall–Kier alpha value is -1.44. The van der Waals surface area contributed by atoms with Crippen molar-refractivity contribution in [2.45, 2.75) is 0 Å². The lowest BCUT2D eigenvalue weighted by Crippen LogP contribution is -1.99. The Morgan fingerprint density at radius 3 is 2.82 bits per heavy atom. The zero-order valence-electron chi connectivity index (χ0n) is 8.91. The monoisotopic (exact) mass is 345 g/mol. The fraction of sp³-hybridized carbons (Fsp3) is 0.0909. The predicted molar refractivity (Wildman–Crippen MR) is 71.4 cm³/mol. The number of halogens is 2. The summed E-state index contributed by atoms with van der Waals surface area (Å²) in [5.41, 5.74) is 0.521. The van der Waals surface area contributed by atoms with Crippen LogP contribution in [0.1, 0.15) is 0 Å². The maximum atomic E-state index is 13.2. The molecule has 0 aliphatic rings. The molecular formula is C11H9FIN3O. The Bertz CT molecular complexity index is 562. The molecule has 0 aliphatic carbocycles. The molecule has 0 amide bonds. The average molecular weight is 345 g/mol. The number of phenols is 1. The van der Waals surface area contributed by atoms with Crippen LogP contribution in [0.5, 0.6) is 5.75 Å². The van der Waals surface area contributed by atoms with Crippen LogP contribution in [0.4, 0.5) is 10.2 Å². The largest absolute Gasteiger partial charge is 0.505 e. The number of hydrogen-bond acceptors (Lipinski definition) is 4. The number of nitrogens with zero attached hydrogens (tertiary/aromatic N) is 2. The van der Waals surface area contributed by atoms with Gasteiger partial charge in [0.15, 0.2) is 17.4 Å². The fourth-order valence-electron chi connectivity index (χ4n) is 1.33. The Balaban J connectivity index is 2.49. The summed E-state index contributed by atoms with van der Waals surface area (Å²) in [5, 5.41) is 12.0. The molecule has 6 heteroatoms. The summed E-state index contributed by atoms with van der Waals surface area (Å²) >= 11 is 2.11. The van der Waals surface area contributed by atoms with E-state index in [0.29, 0.717) is 17.2 Å². The zero-order valence-corrected chi connectivity index (χ0v) is 11.1. The summed E-state index contributed by atoms with van der Waals surface area (Å²) in [4.78, 5) is 8.37. The van der Waals surface area contributed by atoms with E-state index in [0.717, 1.165) is 3.57 Å². The second-order valence-corrected chi connectivity index (χ2v) is 4.47. The van der Waals surface area contributed by atoms with Gasteiger partial charge in [0.05, 0.1) is 3.57 Å². The van der Waals surface area contributed by atoms with Crippen LogP contribution in [0, 0.1) is 9.39 Å². The van der Waals surface area contributed by atoms with E-state index in [1.54, 1.807) is 19.3 Å². The molecule has 4 nitrogen and oxygen atoms in total. The van der Waals surface area contributed by atoms with E-state index in [2.05, 4.69) is 37.9 Å². The first-order valence-corrected chi connectivity index (χ1v) is 5.89. The molecule has 0 saturated carbocycles. The molecule has 0 saturated heterocycles. The van der Waals surface area contributed by atoms with Crippen molar-refractivity contribution in [1.29, 1.82) is 0 Å². The van der Waals surface area contributed by atoms with Crippen molar-refractivity contribution in [1.82, 2.24) is 9.97 Å². The first-order chi connectivity index (χ1) is 8.11. The number of benzene rings is 1. The van der Waals surface area contributed by atoms with Crippen molar-refractivity contribution in [2.24, 2.45) is 0 Å². The summed E-state index contributed by atoms with van der Waals surface area (Å²) in [5.74, 6) is 0.0292. The van der Waals surface area contributed by atoms with E-state index in [-0.39, 0.29) is 5.75 Å². The van der Waals surface area contributed by atoms with Crippen LogP contribution in [-0.2, 0) is 0 Å².